The summed E-state index contributed by atoms with van der Waals surface area (Å²) < 4.78 is 68.3. The lowest BCUT2D eigenvalue weighted by atomic mass is 9.99. The van der Waals surface area contributed by atoms with Crippen molar-refractivity contribution in [2.75, 3.05) is 39.6 Å². The number of ether oxygens (including phenoxy) is 4. The molecule has 3 N–H and O–H groups in total. The van der Waals surface area contributed by atoms with Crippen LogP contribution >= 0.6 is 15.6 Å². The highest BCUT2D eigenvalue weighted by Crippen LogP contribution is 2.45. The smallest absolute Gasteiger partial charge is 0.462 e. The molecule has 546 valence electrons. The fourth-order valence-electron chi connectivity index (χ4n) is 11.1. The lowest BCUT2D eigenvalue weighted by molar-refractivity contribution is -0.161. The van der Waals surface area contributed by atoms with Gasteiger partial charge in [-0.3, -0.25) is 37.3 Å². The molecule has 0 fully saturated rings. The first-order chi connectivity index (χ1) is 44.4. The third-order valence-electron chi connectivity index (χ3n) is 17.7. The Labute approximate surface area is 562 Å². The zero-order valence-corrected chi connectivity index (χ0v) is 61.6. The van der Waals surface area contributed by atoms with Crippen LogP contribution in [0, 0.1) is 11.8 Å². The fourth-order valence-corrected chi connectivity index (χ4v) is 12.6. The first-order valence-electron chi connectivity index (χ1n) is 38.1. The van der Waals surface area contributed by atoms with E-state index in [9.17, 15) is 43.2 Å². The second-order valence-corrected chi connectivity index (χ2v) is 29.7. The Hall–Kier alpha value is -1.94. The van der Waals surface area contributed by atoms with Gasteiger partial charge in [-0.2, -0.15) is 0 Å². The molecule has 0 aromatic rings. The minimum Gasteiger partial charge on any atom is -0.462 e. The lowest BCUT2D eigenvalue weighted by Gasteiger charge is -2.21. The monoisotopic (exact) mass is 1350 g/mol. The normalized spacial score (nSPS) is 14.7. The Morgan fingerprint density at radius 2 is 0.522 bits per heavy atom. The number of carbonyl (C=O) groups is 4. The molecule has 0 spiro atoms. The van der Waals surface area contributed by atoms with E-state index >= 15 is 0 Å². The maximum Gasteiger partial charge on any atom is 0.472 e. The number of hydrogen-bond donors (Lipinski definition) is 3. The van der Waals surface area contributed by atoms with Gasteiger partial charge in [0.25, 0.3) is 0 Å². The minimum absolute atomic E-state index is 0.106. The molecule has 0 aliphatic rings. The van der Waals surface area contributed by atoms with E-state index in [1.165, 1.54) is 186 Å². The van der Waals surface area contributed by atoms with Crippen LogP contribution in [0.4, 0.5) is 0 Å². The largest absolute Gasteiger partial charge is 0.472 e. The van der Waals surface area contributed by atoms with Crippen LogP contribution in [0.1, 0.15) is 375 Å². The average Bonchev–Trinajstić information content (AvgIpc) is 1.76. The van der Waals surface area contributed by atoms with Gasteiger partial charge in [0, 0.05) is 25.7 Å². The van der Waals surface area contributed by atoms with Crippen LogP contribution in [-0.4, -0.2) is 96.7 Å². The summed E-state index contributed by atoms with van der Waals surface area (Å²) in [4.78, 5) is 72.5. The Morgan fingerprint density at radius 1 is 0.304 bits per heavy atom. The van der Waals surface area contributed by atoms with Crippen LogP contribution in [0.25, 0.3) is 0 Å². The number of aliphatic hydroxyl groups excluding tert-OH is 1. The van der Waals surface area contributed by atoms with E-state index in [1.807, 2.05) is 0 Å². The van der Waals surface area contributed by atoms with E-state index in [1.54, 1.807) is 0 Å². The molecule has 92 heavy (non-hydrogen) atoms. The molecule has 0 bridgehead atoms. The van der Waals surface area contributed by atoms with Crippen molar-refractivity contribution < 1.29 is 80.2 Å². The van der Waals surface area contributed by atoms with Crippen LogP contribution in [0.2, 0.25) is 0 Å². The molecule has 0 radical (unpaired) electrons. The van der Waals surface area contributed by atoms with Gasteiger partial charge in [0.1, 0.15) is 19.3 Å². The molecule has 0 heterocycles. The Kier molecular flexibility index (Phi) is 63.7. The molecule has 0 amide bonds. The van der Waals surface area contributed by atoms with Gasteiger partial charge in [-0.15, -0.1) is 0 Å². The summed E-state index contributed by atoms with van der Waals surface area (Å²) >= 11 is 0. The second-order valence-electron chi connectivity index (χ2n) is 26.8. The van der Waals surface area contributed by atoms with E-state index < -0.39 is 97.5 Å². The van der Waals surface area contributed by atoms with Gasteiger partial charge >= 0.3 is 39.5 Å². The predicted molar refractivity (Wildman–Crippen MR) is 372 cm³/mol. The Balaban J connectivity index is 5.14. The third-order valence-corrected chi connectivity index (χ3v) is 19.6. The highest BCUT2D eigenvalue weighted by atomic mass is 31.2. The van der Waals surface area contributed by atoms with Gasteiger partial charge < -0.3 is 33.8 Å². The molecule has 7 atom stereocenters. The Morgan fingerprint density at radius 3 is 0.772 bits per heavy atom. The number of unbranched alkanes of at least 4 members (excludes halogenated alkanes) is 40. The van der Waals surface area contributed by atoms with Crippen molar-refractivity contribution in [3.8, 4) is 0 Å². The van der Waals surface area contributed by atoms with Gasteiger partial charge in [0.05, 0.1) is 26.4 Å². The number of rotatable bonds is 72. The van der Waals surface area contributed by atoms with Gasteiger partial charge in [-0.05, 0) is 37.5 Å². The number of hydrogen-bond acceptors (Lipinski definition) is 15. The van der Waals surface area contributed by atoms with Crippen molar-refractivity contribution in [1.82, 2.24) is 0 Å². The van der Waals surface area contributed by atoms with Gasteiger partial charge in [0.2, 0.25) is 0 Å². The van der Waals surface area contributed by atoms with E-state index in [2.05, 4.69) is 41.5 Å². The minimum atomic E-state index is -4.95. The summed E-state index contributed by atoms with van der Waals surface area (Å²) in [6.07, 6.45) is 51.4. The number of carbonyl (C=O) groups excluding carboxylic acids is 4. The number of phosphoric acid groups is 2. The van der Waals surface area contributed by atoms with Crippen LogP contribution < -0.4 is 0 Å². The van der Waals surface area contributed by atoms with Crippen LogP contribution in [0.3, 0.4) is 0 Å². The quantitative estimate of drug-likeness (QED) is 0.0222. The van der Waals surface area contributed by atoms with Crippen molar-refractivity contribution in [3.63, 3.8) is 0 Å². The van der Waals surface area contributed by atoms with Crippen LogP contribution in [0.5, 0.6) is 0 Å². The van der Waals surface area contributed by atoms with Crippen molar-refractivity contribution in [3.05, 3.63) is 0 Å². The standard InChI is InChI=1S/C73H142O17P2/c1-7-11-13-15-17-19-31-39-45-51-57-72(77)89-68(61-83-70(75)55-49-43-37-18-16-14-12-8-2)63-87-91(79,80)85-59-67(74)60-86-92(81,82)88-64-69(62-84-71(76)56-50-44-38-34-33-36-42-48-54-66(6)10-4)90-73(78)58-52-46-40-32-29-27-25-23-21-20-22-24-26-28-30-35-41-47-53-65(5)9-3/h65-69,74H,7-64H2,1-6H3,(H,79,80)(H,81,82)/t65?,66?,67-,68+,69+/m0/s1. The molecule has 0 rings (SSSR count). The highest BCUT2D eigenvalue weighted by Gasteiger charge is 2.30. The predicted octanol–water partition coefficient (Wildman–Crippen LogP) is 21.2. The summed E-state index contributed by atoms with van der Waals surface area (Å²) in [5, 5.41) is 10.6. The number of aliphatic hydroxyl groups is 1. The lowest BCUT2D eigenvalue weighted by Crippen LogP contribution is -2.30. The first kappa shape index (κ1) is 90.1. The van der Waals surface area contributed by atoms with E-state index in [0.29, 0.717) is 25.7 Å². The van der Waals surface area contributed by atoms with Crippen LogP contribution in [-0.2, 0) is 65.4 Å². The summed E-state index contributed by atoms with van der Waals surface area (Å²) in [5.74, 6) is -0.476. The van der Waals surface area contributed by atoms with Crippen molar-refractivity contribution in [1.29, 1.82) is 0 Å². The first-order valence-corrected chi connectivity index (χ1v) is 41.1. The maximum atomic E-state index is 13.1. The molecular formula is C73H142O17P2. The maximum absolute atomic E-state index is 13.1. The fraction of sp³-hybridized carbons (Fsp3) is 0.945. The molecule has 19 heteroatoms. The van der Waals surface area contributed by atoms with Gasteiger partial charge in [0.15, 0.2) is 12.2 Å². The zero-order valence-electron chi connectivity index (χ0n) is 59.9. The van der Waals surface area contributed by atoms with Crippen molar-refractivity contribution in [2.24, 2.45) is 11.8 Å². The molecule has 0 saturated carbocycles. The summed E-state index contributed by atoms with van der Waals surface area (Å²) in [5.41, 5.74) is 0. The van der Waals surface area contributed by atoms with E-state index in [-0.39, 0.29) is 25.7 Å². The third kappa shape index (κ3) is 64.1. The number of esters is 4. The van der Waals surface area contributed by atoms with Gasteiger partial charge in [-0.1, -0.05) is 324 Å². The topological polar surface area (TPSA) is 237 Å². The molecule has 17 nitrogen and oxygen atoms in total. The van der Waals surface area contributed by atoms with Gasteiger partial charge in [-0.25, -0.2) is 9.13 Å². The zero-order chi connectivity index (χ0) is 67.9. The molecular weight excluding hydrogens is 1210 g/mol. The Bertz CT molecular complexity index is 1790. The summed E-state index contributed by atoms with van der Waals surface area (Å²) in [7, 11) is -9.90. The SMILES string of the molecule is CCCCCCCCCCCCC(=O)O[C@H](COC(=O)CCCCCCCCCC)COP(=O)(O)OC[C@H](O)COP(=O)(O)OC[C@@H](COC(=O)CCCCCCCCCCC(C)CC)OC(=O)CCCCCCCCCCCCCCCCCCCCC(C)CC. The van der Waals surface area contributed by atoms with E-state index in [0.717, 1.165) is 108 Å². The molecule has 0 aromatic carbocycles. The molecule has 4 unspecified atom stereocenters. The highest BCUT2D eigenvalue weighted by molar-refractivity contribution is 7.47. The summed E-state index contributed by atoms with van der Waals surface area (Å²) in [6, 6.07) is 0. The molecule has 0 aliphatic carbocycles. The van der Waals surface area contributed by atoms with E-state index in [4.69, 9.17) is 37.0 Å². The molecule has 0 aromatic heterocycles. The van der Waals surface area contributed by atoms with Crippen molar-refractivity contribution >= 4 is 39.5 Å². The molecule has 0 aliphatic heterocycles. The number of phosphoric ester groups is 2. The second kappa shape index (κ2) is 65.0. The average molecular weight is 1350 g/mol. The van der Waals surface area contributed by atoms with Crippen LogP contribution in [0.15, 0.2) is 0 Å². The molecule has 0 saturated heterocycles. The summed E-state index contributed by atoms with van der Waals surface area (Å²) in [6.45, 7) is 9.60. The van der Waals surface area contributed by atoms with Crippen molar-refractivity contribution in [2.45, 2.75) is 394 Å².